The molecule has 1 atom stereocenters. The van der Waals surface area contributed by atoms with Gasteiger partial charge in [0.1, 0.15) is 17.1 Å². The molecule has 122 valence electrons. The summed E-state index contributed by atoms with van der Waals surface area (Å²) >= 11 is 0. The van der Waals surface area contributed by atoms with Crippen molar-refractivity contribution < 1.29 is 9.47 Å². The molecule has 1 aromatic carbocycles. The molecular formula is C18H28N2O2. The minimum Gasteiger partial charge on any atom is -0.493 e. The molecule has 4 nitrogen and oxygen atoms in total. The quantitative estimate of drug-likeness (QED) is 0.877. The Hall–Kier alpha value is -1.26. The van der Waals surface area contributed by atoms with Crippen molar-refractivity contribution in [2.24, 2.45) is 5.73 Å². The molecule has 0 radical (unpaired) electrons. The number of nitrogens with two attached hydrogens (primary N) is 1. The summed E-state index contributed by atoms with van der Waals surface area (Å²) in [4.78, 5) is 2.50. The Bertz CT molecular complexity index is 506. The standard InChI is InChI=1S/C18H28N2O2/c1-2-12-21-16-5-4-15-6-7-18(22-17(15)13-16)8-11-20(14-18)10-3-9-19/h4-5,13H,2-3,6-12,14,19H2,1H3. The molecule has 4 heteroatoms. The molecule has 1 unspecified atom stereocenters. The van der Waals surface area contributed by atoms with Crippen LogP contribution in [0.2, 0.25) is 0 Å². The van der Waals surface area contributed by atoms with Gasteiger partial charge in [0.15, 0.2) is 0 Å². The van der Waals surface area contributed by atoms with Crippen molar-refractivity contribution >= 4 is 0 Å². The van der Waals surface area contributed by atoms with E-state index in [0.29, 0.717) is 0 Å². The average molecular weight is 304 g/mol. The third kappa shape index (κ3) is 3.39. The molecule has 1 saturated heterocycles. The van der Waals surface area contributed by atoms with Crippen LogP contribution in [-0.2, 0) is 6.42 Å². The van der Waals surface area contributed by atoms with Gasteiger partial charge in [0.25, 0.3) is 0 Å². The van der Waals surface area contributed by atoms with Crippen molar-refractivity contribution in [3.63, 3.8) is 0 Å². The van der Waals surface area contributed by atoms with Gasteiger partial charge in [0, 0.05) is 25.6 Å². The van der Waals surface area contributed by atoms with Gasteiger partial charge in [-0.25, -0.2) is 0 Å². The Kier molecular flexibility index (Phi) is 4.89. The fraction of sp³-hybridized carbons (Fsp3) is 0.667. The van der Waals surface area contributed by atoms with E-state index in [1.807, 2.05) is 0 Å². The zero-order chi connectivity index (χ0) is 15.4. The maximum atomic E-state index is 6.46. The maximum Gasteiger partial charge on any atom is 0.127 e. The SMILES string of the molecule is CCCOc1ccc2c(c1)OC1(CC2)CCN(CCCN)C1. The Morgan fingerprint density at radius 2 is 2.27 bits per heavy atom. The van der Waals surface area contributed by atoms with Gasteiger partial charge in [-0.15, -0.1) is 0 Å². The predicted molar refractivity (Wildman–Crippen MR) is 88.6 cm³/mol. The van der Waals surface area contributed by atoms with E-state index >= 15 is 0 Å². The highest BCUT2D eigenvalue weighted by Crippen LogP contribution is 2.40. The summed E-state index contributed by atoms with van der Waals surface area (Å²) in [7, 11) is 0. The highest BCUT2D eigenvalue weighted by atomic mass is 16.5. The van der Waals surface area contributed by atoms with E-state index in [1.54, 1.807) is 0 Å². The Labute approximate surface area is 133 Å². The number of hydrogen-bond donors (Lipinski definition) is 1. The summed E-state index contributed by atoms with van der Waals surface area (Å²) in [5.74, 6) is 1.95. The number of benzene rings is 1. The van der Waals surface area contributed by atoms with Crippen molar-refractivity contribution in [3.8, 4) is 11.5 Å². The van der Waals surface area contributed by atoms with E-state index in [9.17, 15) is 0 Å². The number of ether oxygens (including phenoxy) is 2. The van der Waals surface area contributed by atoms with Gasteiger partial charge < -0.3 is 15.2 Å². The second-order valence-electron chi connectivity index (χ2n) is 6.57. The second kappa shape index (κ2) is 6.88. The van der Waals surface area contributed by atoms with Crippen LogP contribution in [0.5, 0.6) is 11.5 Å². The molecule has 2 aliphatic heterocycles. The van der Waals surface area contributed by atoms with E-state index in [4.69, 9.17) is 15.2 Å². The Morgan fingerprint density at radius 1 is 1.36 bits per heavy atom. The zero-order valence-electron chi connectivity index (χ0n) is 13.6. The lowest BCUT2D eigenvalue weighted by atomic mass is 9.90. The van der Waals surface area contributed by atoms with Gasteiger partial charge in [-0.1, -0.05) is 13.0 Å². The van der Waals surface area contributed by atoms with Gasteiger partial charge in [-0.2, -0.15) is 0 Å². The molecule has 0 amide bonds. The molecule has 0 bridgehead atoms. The van der Waals surface area contributed by atoms with E-state index in [1.165, 1.54) is 5.56 Å². The van der Waals surface area contributed by atoms with E-state index in [-0.39, 0.29) is 5.60 Å². The Morgan fingerprint density at radius 3 is 3.09 bits per heavy atom. The first-order valence-electron chi connectivity index (χ1n) is 8.62. The smallest absolute Gasteiger partial charge is 0.127 e. The molecule has 0 saturated carbocycles. The predicted octanol–water partition coefficient (Wildman–Crippen LogP) is 2.59. The van der Waals surface area contributed by atoms with Crippen LogP contribution in [0.3, 0.4) is 0 Å². The van der Waals surface area contributed by atoms with Crippen LogP contribution < -0.4 is 15.2 Å². The molecule has 1 fully saturated rings. The second-order valence-corrected chi connectivity index (χ2v) is 6.57. The summed E-state index contributed by atoms with van der Waals surface area (Å²) in [6.45, 7) is 6.91. The largest absolute Gasteiger partial charge is 0.493 e. The molecule has 2 aliphatic rings. The first-order chi connectivity index (χ1) is 10.7. The third-order valence-electron chi connectivity index (χ3n) is 4.76. The molecule has 0 aromatic heterocycles. The lowest BCUT2D eigenvalue weighted by Gasteiger charge is -2.36. The molecule has 1 aromatic rings. The number of nitrogens with zero attached hydrogens (tertiary/aromatic N) is 1. The summed E-state index contributed by atoms with van der Waals surface area (Å²) in [5, 5.41) is 0. The fourth-order valence-electron chi connectivity index (χ4n) is 3.51. The normalized spacial score (nSPS) is 24.3. The van der Waals surface area contributed by atoms with Crippen molar-refractivity contribution in [3.05, 3.63) is 23.8 Å². The summed E-state index contributed by atoms with van der Waals surface area (Å²) in [5.41, 5.74) is 6.94. The van der Waals surface area contributed by atoms with Crippen molar-refractivity contribution in [2.45, 2.75) is 44.6 Å². The van der Waals surface area contributed by atoms with Crippen molar-refractivity contribution in [1.29, 1.82) is 0 Å². The van der Waals surface area contributed by atoms with Crippen LogP contribution in [0.25, 0.3) is 0 Å². The minimum atomic E-state index is 0.00494. The third-order valence-corrected chi connectivity index (χ3v) is 4.76. The van der Waals surface area contributed by atoms with Gasteiger partial charge >= 0.3 is 0 Å². The number of likely N-dealkylation sites (tertiary alicyclic amines) is 1. The number of fused-ring (bicyclic) bond motifs is 1. The van der Waals surface area contributed by atoms with E-state index in [2.05, 4.69) is 30.0 Å². The fourth-order valence-corrected chi connectivity index (χ4v) is 3.51. The average Bonchev–Trinajstić information content (AvgIpc) is 2.93. The monoisotopic (exact) mass is 304 g/mol. The van der Waals surface area contributed by atoms with E-state index in [0.717, 1.165) is 76.4 Å². The topological polar surface area (TPSA) is 47.7 Å². The molecule has 2 heterocycles. The summed E-state index contributed by atoms with van der Waals surface area (Å²) in [6.07, 6.45) is 5.44. The first kappa shape index (κ1) is 15.6. The number of rotatable bonds is 6. The van der Waals surface area contributed by atoms with Gasteiger partial charge in [0.2, 0.25) is 0 Å². The number of aryl methyl sites for hydroxylation is 1. The highest BCUT2D eigenvalue weighted by Gasteiger charge is 2.42. The highest BCUT2D eigenvalue weighted by molar-refractivity contribution is 5.43. The lowest BCUT2D eigenvalue weighted by molar-refractivity contribution is 0.0541. The number of hydrogen-bond acceptors (Lipinski definition) is 4. The first-order valence-corrected chi connectivity index (χ1v) is 8.62. The molecule has 22 heavy (non-hydrogen) atoms. The molecular weight excluding hydrogens is 276 g/mol. The van der Waals surface area contributed by atoms with E-state index < -0.39 is 0 Å². The summed E-state index contributed by atoms with van der Waals surface area (Å²) in [6, 6.07) is 6.31. The van der Waals surface area contributed by atoms with Crippen LogP contribution in [-0.4, -0.2) is 43.3 Å². The van der Waals surface area contributed by atoms with Gasteiger partial charge in [-0.05, 0) is 50.4 Å². The zero-order valence-corrected chi connectivity index (χ0v) is 13.6. The van der Waals surface area contributed by atoms with Gasteiger partial charge in [0.05, 0.1) is 6.61 Å². The molecule has 1 spiro atoms. The molecule has 3 rings (SSSR count). The Balaban J connectivity index is 1.67. The van der Waals surface area contributed by atoms with Crippen LogP contribution in [0.4, 0.5) is 0 Å². The maximum absolute atomic E-state index is 6.46. The van der Waals surface area contributed by atoms with Gasteiger partial charge in [-0.3, -0.25) is 4.90 Å². The minimum absolute atomic E-state index is 0.00494. The summed E-state index contributed by atoms with van der Waals surface area (Å²) < 4.78 is 12.2. The van der Waals surface area contributed by atoms with Crippen molar-refractivity contribution in [2.75, 3.05) is 32.8 Å². The van der Waals surface area contributed by atoms with Crippen LogP contribution >= 0.6 is 0 Å². The molecule has 2 N–H and O–H groups in total. The lowest BCUT2D eigenvalue weighted by Crippen LogP contribution is -2.42. The van der Waals surface area contributed by atoms with Crippen LogP contribution in [0.1, 0.15) is 38.2 Å². The van der Waals surface area contributed by atoms with Crippen molar-refractivity contribution in [1.82, 2.24) is 4.90 Å². The van der Waals surface area contributed by atoms with Crippen LogP contribution in [0.15, 0.2) is 18.2 Å². The van der Waals surface area contributed by atoms with Crippen LogP contribution in [0, 0.1) is 0 Å². The molecule has 0 aliphatic carbocycles.